The highest BCUT2D eigenvalue weighted by Crippen LogP contribution is 2.23. The number of hydrogen-bond acceptors (Lipinski definition) is 8. The minimum absolute atomic E-state index is 0.0416. The first-order valence-corrected chi connectivity index (χ1v) is 9.18. The van der Waals surface area contributed by atoms with E-state index in [0.29, 0.717) is 42.7 Å². The number of carboxylic acid groups (broad SMARTS) is 1. The van der Waals surface area contributed by atoms with Gasteiger partial charge in [-0.25, -0.2) is 9.97 Å². The topological polar surface area (TPSA) is 132 Å². The summed E-state index contributed by atoms with van der Waals surface area (Å²) in [5.74, 6) is 0.213. The summed E-state index contributed by atoms with van der Waals surface area (Å²) in [6.07, 6.45) is 5.63. The number of rotatable bonds is 7. The van der Waals surface area contributed by atoms with Crippen LogP contribution in [0.5, 0.6) is 0 Å². The Kier molecular flexibility index (Phi) is 6.69. The van der Waals surface area contributed by atoms with Gasteiger partial charge in [0.25, 0.3) is 5.91 Å². The lowest BCUT2D eigenvalue weighted by molar-refractivity contribution is -0.136. The van der Waals surface area contributed by atoms with E-state index in [9.17, 15) is 9.59 Å². The molecule has 0 fully saturated rings. The first-order valence-electron chi connectivity index (χ1n) is 9.18. The van der Waals surface area contributed by atoms with Crippen LogP contribution < -0.4 is 10.2 Å². The minimum Gasteiger partial charge on any atom is -0.481 e. The first kappa shape index (κ1) is 20.2. The maximum atomic E-state index is 11.7. The van der Waals surface area contributed by atoms with Gasteiger partial charge < -0.3 is 25.3 Å². The largest absolute Gasteiger partial charge is 0.481 e. The lowest BCUT2D eigenvalue weighted by atomic mass is 10.3. The predicted molar refractivity (Wildman–Crippen MR) is 106 cm³/mol. The minimum atomic E-state index is -0.902. The van der Waals surface area contributed by atoms with Crippen LogP contribution in [-0.4, -0.2) is 68.2 Å². The number of aromatic nitrogens is 3. The van der Waals surface area contributed by atoms with Gasteiger partial charge in [0.1, 0.15) is 23.9 Å². The van der Waals surface area contributed by atoms with Gasteiger partial charge in [0.2, 0.25) is 0 Å². The number of aliphatic hydroxyl groups is 1. The Labute approximate surface area is 167 Å². The summed E-state index contributed by atoms with van der Waals surface area (Å²) < 4.78 is 0. The van der Waals surface area contributed by atoms with E-state index >= 15 is 0 Å². The van der Waals surface area contributed by atoms with Gasteiger partial charge in [-0.1, -0.05) is 6.07 Å². The van der Waals surface area contributed by atoms with E-state index in [1.165, 1.54) is 4.90 Å². The molecule has 3 N–H and O–H groups in total. The molecule has 0 aliphatic carbocycles. The number of nitrogens with zero attached hydrogens (tertiary/aromatic N) is 5. The number of aliphatic carboxylic acids is 1. The van der Waals surface area contributed by atoms with Crippen molar-refractivity contribution < 1.29 is 19.8 Å². The summed E-state index contributed by atoms with van der Waals surface area (Å²) in [4.78, 5) is 39.2. The molecule has 2 aromatic heterocycles. The summed E-state index contributed by atoms with van der Waals surface area (Å²) >= 11 is 0. The van der Waals surface area contributed by atoms with Crippen LogP contribution in [0.25, 0.3) is 11.5 Å². The summed E-state index contributed by atoms with van der Waals surface area (Å²) in [5.41, 5.74) is 0.589. The van der Waals surface area contributed by atoms with Crippen molar-refractivity contribution in [1.29, 1.82) is 0 Å². The lowest BCUT2D eigenvalue weighted by Crippen LogP contribution is -2.28. The maximum Gasteiger partial charge on any atom is 0.305 e. The average Bonchev–Trinajstić information content (AvgIpc) is 3.00. The standard InChI is InChI=1S/C19H22N6O4/c26-13-17(27)25-9-3-8-24(10-11-25)16-12-15(21-7-5-18(28)29)22-19(23-16)14-4-1-2-6-20-14/h1-2,4,6,10-12,26H,3,5,7-9,13H2,(H,28,29)(H,21,22,23). The molecule has 0 saturated heterocycles. The van der Waals surface area contributed by atoms with Gasteiger partial charge in [-0.05, 0) is 18.6 Å². The zero-order valence-electron chi connectivity index (χ0n) is 15.7. The third-order valence-electron chi connectivity index (χ3n) is 4.23. The Hall–Kier alpha value is -3.53. The van der Waals surface area contributed by atoms with Crippen LogP contribution >= 0.6 is 0 Å². The second-order valence-electron chi connectivity index (χ2n) is 6.31. The molecule has 152 valence electrons. The Bertz CT molecular complexity index is 890. The highest BCUT2D eigenvalue weighted by molar-refractivity contribution is 5.78. The summed E-state index contributed by atoms with van der Waals surface area (Å²) in [6, 6.07) is 7.14. The van der Waals surface area contributed by atoms with Crippen molar-refractivity contribution in [3.8, 4) is 11.5 Å². The van der Waals surface area contributed by atoms with Crippen molar-refractivity contribution in [3.05, 3.63) is 42.9 Å². The van der Waals surface area contributed by atoms with Gasteiger partial charge in [0.05, 0.1) is 6.42 Å². The van der Waals surface area contributed by atoms with Crippen molar-refractivity contribution in [2.24, 2.45) is 0 Å². The molecule has 0 radical (unpaired) electrons. The lowest BCUT2D eigenvalue weighted by Gasteiger charge is -2.19. The molecule has 1 amide bonds. The Balaban J connectivity index is 1.90. The van der Waals surface area contributed by atoms with E-state index in [0.717, 1.165) is 0 Å². The third kappa shape index (κ3) is 5.48. The fraction of sp³-hybridized carbons (Fsp3) is 0.316. The van der Waals surface area contributed by atoms with Crippen molar-refractivity contribution >= 4 is 23.5 Å². The Morgan fingerprint density at radius 1 is 1.17 bits per heavy atom. The summed E-state index contributed by atoms with van der Waals surface area (Å²) in [6.45, 7) is 0.786. The highest BCUT2D eigenvalue weighted by atomic mass is 16.4. The van der Waals surface area contributed by atoms with Crippen molar-refractivity contribution in [2.75, 3.05) is 36.5 Å². The van der Waals surface area contributed by atoms with E-state index in [-0.39, 0.29) is 18.9 Å². The predicted octanol–water partition coefficient (Wildman–Crippen LogP) is 0.927. The smallest absolute Gasteiger partial charge is 0.305 e. The van der Waals surface area contributed by atoms with E-state index in [2.05, 4.69) is 20.3 Å². The van der Waals surface area contributed by atoms with E-state index in [4.69, 9.17) is 10.2 Å². The third-order valence-corrected chi connectivity index (χ3v) is 4.23. The van der Waals surface area contributed by atoms with Crippen molar-refractivity contribution in [2.45, 2.75) is 12.8 Å². The van der Waals surface area contributed by atoms with Crippen LogP contribution in [0.1, 0.15) is 12.8 Å². The quantitative estimate of drug-likeness (QED) is 0.623. The van der Waals surface area contributed by atoms with Gasteiger partial charge in [-0.15, -0.1) is 0 Å². The SMILES string of the molecule is O=C(O)CCNc1cc(N2C=CN(C(=O)CO)CCC2)nc(-c2ccccn2)n1. The molecule has 0 spiro atoms. The van der Waals surface area contributed by atoms with Gasteiger partial charge in [-0.2, -0.15) is 0 Å². The van der Waals surface area contributed by atoms with Crippen molar-refractivity contribution in [1.82, 2.24) is 19.9 Å². The molecule has 1 aliphatic heterocycles. The summed E-state index contributed by atoms with van der Waals surface area (Å²) in [5, 5.41) is 20.9. The molecule has 3 rings (SSSR count). The molecule has 0 unspecified atom stereocenters. The molecule has 0 aromatic carbocycles. The number of hydrogen-bond donors (Lipinski definition) is 3. The van der Waals surface area contributed by atoms with Crippen LogP contribution in [0.3, 0.4) is 0 Å². The number of nitrogens with one attached hydrogen (secondary N) is 1. The average molecular weight is 398 g/mol. The number of carboxylic acids is 1. The molecule has 2 aromatic rings. The molecule has 0 saturated carbocycles. The van der Waals surface area contributed by atoms with Crippen LogP contribution in [-0.2, 0) is 9.59 Å². The molecule has 1 aliphatic rings. The Morgan fingerprint density at radius 3 is 2.76 bits per heavy atom. The second kappa shape index (κ2) is 9.60. The number of aliphatic hydroxyl groups excluding tert-OH is 1. The molecule has 10 heteroatoms. The number of carbonyl (C=O) groups excluding carboxylic acids is 1. The number of carbonyl (C=O) groups is 2. The highest BCUT2D eigenvalue weighted by Gasteiger charge is 2.17. The number of pyridine rings is 1. The van der Waals surface area contributed by atoms with E-state index in [1.807, 2.05) is 11.0 Å². The van der Waals surface area contributed by atoms with Gasteiger partial charge >= 0.3 is 5.97 Å². The monoisotopic (exact) mass is 398 g/mol. The first-order chi connectivity index (χ1) is 14.1. The van der Waals surface area contributed by atoms with E-state index in [1.54, 1.807) is 36.8 Å². The molecule has 0 atom stereocenters. The van der Waals surface area contributed by atoms with Crippen LogP contribution in [0, 0.1) is 0 Å². The number of amides is 1. The molecule has 3 heterocycles. The number of anilines is 2. The molecule has 0 bridgehead atoms. The Morgan fingerprint density at radius 2 is 2.03 bits per heavy atom. The normalized spacial score (nSPS) is 13.8. The van der Waals surface area contributed by atoms with Gasteiger partial charge in [-0.3, -0.25) is 14.6 Å². The summed E-state index contributed by atoms with van der Waals surface area (Å²) in [7, 11) is 0. The van der Waals surface area contributed by atoms with Crippen LogP contribution in [0.2, 0.25) is 0 Å². The second-order valence-corrected chi connectivity index (χ2v) is 6.31. The van der Waals surface area contributed by atoms with E-state index < -0.39 is 12.6 Å². The van der Waals surface area contributed by atoms with Gasteiger partial charge in [0.15, 0.2) is 5.82 Å². The fourth-order valence-electron chi connectivity index (χ4n) is 2.79. The zero-order valence-corrected chi connectivity index (χ0v) is 15.7. The molecular weight excluding hydrogens is 376 g/mol. The molecular formula is C19H22N6O4. The van der Waals surface area contributed by atoms with Gasteiger partial charge in [0, 0.05) is 44.3 Å². The molecule has 10 nitrogen and oxygen atoms in total. The maximum absolute atomic E-state index is 11.7. The van der Waals surface area contributed by atoms with Crippen LogP contribution in [0.4, 0.5) is 11.6 Å². The van der Waals surface area contributed by atoms with Crippen molar-refractivity contribution in [3.63, 3.8) is 0 Å². The fourth-order valence-corrected chi connectivity index (χ4v) is 2.79. The molecule has 29 heavy (non-hydrogen) atoms. The zero-order chi connectivity index (χ0) is 20.6. The van der Waals surface area contributed by atoms with Crippen LogP contribution in [0.15, 0.2) is 42.9 Å².